The van der Waals surface area contributed by atoms with Gasteiger partial charge in [-0.1, -0.05) is 6.07 Å². The van der Waals surface area contributed by atoms with E-state index in [1.807, 2.05) is 0 Å². The molecule has 0 fully saturated rings. The molecule has 0 unspecified atom stereocenters. The van der Waals surface area contributed by atoms with E-state index in [0.29, 0.717) is 10.0 Å². The Balaban J connectivity index is 2.24. The molecule has 1 N–H and O–H groups in total. The van der Waals surface area contributed by atoms with Gasteiger partial charge >= 0.3 is 0 Å². The summed E-state index contributed by atoms with van der Waals surface area (Å²) in [4.78, 5) is 12.7. The van der Waals surface area contributed by atoms with Crippen LogP contribution in [0.15, 0.2) is 51.8 Å². The number of rotatable bonds is 2. The number of hydrogen-bond acceptors (Lipinski definition) is 2. The standard InChI is InChI=1S/C13H9BrFNOS/c14-10-2-1-3-11(15)12(10)16-13(17)8-4-6-9(18)7-5-8/h1-7,18H,(H,16,17). The highest BCUT2D eigenvalue weighted by Crippen LogP contribution is 2.25. The van der Waals surface area contributed by atoms with Gasteiger partial charge in [0.25, 0.3) is 5.91 Å². The normalized spacial score (nSPS) is 10.2. The van der Waals surface area contributed by atoms with E-state index in [2.05, 4.69) is 33.9 Å². The summed E-state index contributed by atoms with van der Waals surface area (Å²) in [7, 11) is 0. The molecular formula is C13H9BrFNOS. The Morgan fingerprint density at radius 2 is 1.83 bits per heavy atom. The molecule has 0 aromatic heterocycles. The summed E-state index contributed by atoms with van der Waals surface area (Å²) in [5.74, 6) is -0.849. The number of anilines is 1. The molecule has 0 saturated carbocycles. The maximum Gasteiger partial charge on any atom is 0.255 e. The number of halogens is 2. The first-order chi connectivity index (χ1) is 8.58. The smallest absolute Gasteiger partial charge is 0.255 e. The second kappa shape index (κ2) is 5.54. The van der Waals surface area contributed by atoms with Gasteiger partial charge in [-0.15, -0.1) is 12.6 Å². The van der Waals surface area contributed by atoms with Crippen molar-refractivity contribution in [2.75, 3.05) is 5.32 Å². The molecule has 2 nitrogen and oxygen atoms in total. The van der Waals surface area contributed by atoms with E-state index in [4.69, 9.17) is 0 Å². The highest BCUT2D eigenvalue weighted by atomic mass is 79.9. The van der Waals surface area contributed by atoms with E-state index in [9.17, 15) is 9.18 Å². The summed E-state index contributed by atoms with van der Waals surface area (Å²) < 4.78 is 14.0. The van der Waals surface area contributed by atoms with Gasteiger partial charge in [-0.05, 0) is 52.3 Å². The topological polar surface area (TPSA) is 29.1 Å². The first-order valence-electron chi connectivity index (χ1n) is 5.12. The van der Waals surface area contributed by atoms with Gasteiger partial charge < -0.3 is 5.32 Å². The van der Waals surface area contributed by atoms with Crippen molar-refractivity contribution in [1.29, 1.82) is 0 Å². The predicted octanol–water partition coefficient (Wildman–Crippen LogP) is 4.13. The molecular weight excluding hydrogens is 317 g/mol. The second-order valence-electron chi connectivity index (χ2n) is 3.60. The Hall–Kier alpha value is -1.33. The van der Waals surface area contributed by atoms with E-state index >= 15 is 0 Å². The van der Waals surface area contributed by atoms with Gasteiger partial charge in [0.2, 0.25) is 0 Å². The Morgan fingerprint density at radius 3 is 2.44 bits per heavy atom. The van der Waals surface area contributed by atoms with Crippen LogP contribution in [0.25, 0.3) is 0 Å². The van der Waals surface area contributed by atoms with E-state index in [-0.39, 0.29) is 11.6 Å². The minimum absolute atomic E-state index is 0.137. The summed E-state index contributed by atoms with van der Waals surface area (Å²) in [5.41, 5.74) is 0.584. The van der Waals surface area contributed by atoms with Gasteiger partial charge in [0.15, 0.2) is 0 Å². The Morgan fingerprint density at radius 1 is 1.17 bits per heavy atom. The molecule has 2 aromatic rings. The summed E-state index contributed by atoms with van der Waals surface area (Å²) in [5, 5.41) is 2.53. The molecule has 0 atom stereocenters. The first kappa shape index (κ1) is 13.1. The maximum atomic E-state index is 13.5. The van der Waals surface area contributed by atoms with Gasteiger partial charge in [-0.3, -0.25) is 4.79 Å². The number of hydrogen-bond donors (Lipinski definition) is 2. The fraction of sp³-hybridized carbons (Fsp3) is 0. The molecule has 0 heterocycles. The average Bonchev–Trinajstić information content (AvgIpc) is 2.34. The zero-order valence-corrected chi connectivity index (χ0v) is 11.6. The average molecular weight is 326 g/mol. The number of para-hydroxylation sites is 1. The monoisotopic (exact) mass is 325 g/mol. The number of benzene rings is 2. The third kappa shape index (κ3) is 2.91. The zero-order valence-electron chi connectivity index (χ0n) is 9.15. The molecule has 0 spiro atoms. The van der Waals surface area contributed by atoms with Gasteiger partial charge in [0.05, 0.1) is 5.69 Å². The molecule has 1 amide bonds. The molecule has 0 aliphatic carbocycles. The highest BCUT2D eigenvalue weighted by molar-refractivity contribution is 9.10. The van der Waals surface area contributed by atoms with Crippen LogP contribution in [0, 0.1) is 5.82 Å². The largest absolute Gasteiger partial charge is 0.319 e. The quantitative estimate of drug-likeness (QED) is 0.799. The Labute approximate surface area is 118 Å². The van der Waals surface area contributed by atoms with Crippen molar-refractivity contribution >= 4 is 40.2 Å². The molecule has 0 saturated heterocycles. The molecule has 0 aliphatic rings. The molecule has 5 heteroatoms. The lowest BCUT2D eigenvalue weighted by Gasteiger charge is -2.08. The van der Waals surface area contributed by atoms with Crippen molar-refractivity contribution in [3.05, 3.63) is 58.3 Å². The van der Waals surface area contributed by atoms with Crippen molar-refractivity contribution < 1.29 is 9.18 Å². The molecule has 0 aliphatic heterocycles. The molecule has 2 rings (SSSR count). The molecule has 92 valence electrons. The van der Waals surface area contributed by atoms with Crippen LogP contribution in [-0.2, 0) is 0 Å². The number of amides is 1. The van der Waals surface area contributed by atoms with Crippen molar-refractivity contribution in [3.63, 3.8) is 0 Å². The molecule has 0 bridgehead atoms. The SMILES string of the molecule is O=C(Nc1c(F)cccc1Br)c1ccc(S)cc1. The van der Waals surface area contributed by atoms with Crippen molar-refractivity contribution in [3.8, 4) is 0 Å². The summed E-state index contributed by atoms with van der Waals surface area (Å²) >= 11 is 7.33. The van der Waals surface area contributed by atoms with Crippen molar-refractivity contribution in [2.45, 2.75) is 4.90 Å². The van der Waals surface area contributed by atoms with Crippen LogP contribution < -0.4 is 5.32 Å². The van der Waals surface area contributed by atoms with Gasteiger partial charge in [0.1, 0.15) is 5.82 Å². The lowest BCUT2D eigenvalue weighted by atomic mass is 10.2. The third-order valence-electron chi connectivity index (χ3n) is 2.33. The van der Waals surface area contributed by atoms with Crippen LogP contribution in [0.1, 0.15) is 10.4 Å². The third-order valence-corrected chi connectivity index (χ3v) is 3.29. The van der Waals surface area contributed by atoms with Gasteiger partial charge in [0, 0.05) is 14.9 Å². The van der Waals surface area contributed by atoms with E-state index < -0.39 is 5.82 Å². The summed E-state index contributed by atoms with van der Waals surface area (Å²) in [6.07, 6.45) is 0. The molecule has 0 radical (unpaired) electrons. The zero-order chi connectivity index (χ0) is 13.1. The van der Waals surface area contributed by atoms with Crippen LogP contribution in [0.3, 0.4) is 0 Å². The molecule has 2 aromatic carbocycles. The van der Waals surface area contributed by atoms with Gasteiger partial charge in [-0.25, -0.2) is 4.39 Å². The van der Waals surface area contributed by atoms with E-state index in [1.54, 1.807) is 36.4 Å². The number of thiol groups is 1. The first-order valence-corrected chi connectivity index (χ1v) is 6.36. The van der Waals surface area contributed by atoms with Crippen LogP contribution in [0.2, 0.25) is 0 Å². The number of carbonyl (C=O) groups excluding carboxylic acids is 1. The van der Waals surface area contributed by atoms with Crippen LogP contribution in [0.5, 0.6) is 0 Å². The van der Waals surface area contributed by atoms with Crippen molar-refractivity contribution in [1.82, 2.24) is 0 Å². The Kier molecular flexibility index (Phi) is 4.04. The van der Waals surface area contributed by atoms with Crippen LogP contribution >= 0.6 is 28.6 Å². The minimum atomic E-state index is -0.483. The van der Waals surface area contributed by atoms with E-state index in [0.717, 1.165) is 4.90 Å². The van der Waals surface area contributed by atoms with Gasteiger partial charge in [-0.2, -0.15) is 0 Å². The highest BCUT2D eigenvalue weighted by Gasteiger charge is 2.11. The fourth-order valence-electron chi connectivity index (χ4n) is 1.42. The molecule has 18 heavy (non-hydrogen) atoms. The number of nitrogens with one attached hydrogen (secondary N) is 1. The second-order valence-corrected chi connectivity index (χ2v) is 4.97. The fourth-order valence-corrected chi connectivity index (χ4v) is 2.01. The number of carbonyl (C=O) groups is 1. The maximum absolute atomic E-state index is 13.5. The predicted molar refractivity (Wildman–Crippen MR) is 75.7 cm³/mol. The van der Waals surface area contributed by atoms with Crippen LogP contribution in [-0.4, -0.2) is 5.91 Å². The van der Waals surface area contributed by atoms with E-state index in [1.165, 1.54) is 6.07 Å². The minimum Gasteiger partial charge on any atom is -0.319 e. The summed E-state index contributed by atoms with van der Waals surface area (Å²) in [6, 6.07) is 11.2. The summed E-state index contributed by atoms with van der Waals surface area (Å²) in [6.45, 7) is 0. The Bertz CT molecular complexity index is 566. The lowest BCUT2D eigenvalue weighted by molar-refractivity contribution is 0.102. The lowest BCUT2D eigenvalue weighted by Crippen LogP contribution is -2.13. The van der Waals surface area contributed by atoms with Crippen LogP contribution in [0.4, 0.5) is 10.1 Å². The van der Waals surface area contributed by atoms with Crippen molar-refractivity contribution in [2.24, 2.45) is 0 Å².